The molecule has 3 rings (SSSR count). The molecule has 0 radical (unpaired) electrons. The number of anilines is 1. The molecule has 2 amide bonds. The predicted octanol–water partition coefficient (Wildman–Crippen LogP) is -4.95. The molecule has 2 aliphatic heterocycles. The SMILES string of the molecule is CON=C(C(=O)N[C@@H]1C(=O)N2C(C(=O)[O-])=C(COC(C)=O)CSC12)c1csc(N)n1.[Na+]. The molecule has 12 nitrogen and oxygen atoms in total. The summed E-state index contributed by atoms with van der Waals surface area (Å²) in [7, 11) is 1.25. The standard InChI is InChI=1S/C16H17N5O7S2.Na/c1-6(22)28-3-7-4-29-14-10(13(24)21(14)11(7)15(25)26)19-12(23)9(20-27-2)8-5-30-16(17)18-8;/h5,10,14H,3-4H2,1-2H3,(H2,17,18)(H,19,23)(H,25,26);/q;+1/p-1/t10-,14?;/m1./s1. The molecular formula is C16H16N5NaO7S2. The number of thioether (sulfide) groups is 1. The zero-order chi connectivity index (χ0) is 22.0. The van der Waals surface area contributed by atoms with E-state index in [1.807, 2.05) is 0 Å². The normalized spacial score (nSPS) is 20.3. The molecule has 2 aliphatic rings. The van der Waals surface area contributed by atoms with Crippen molar-refractivity contribution in [1.29, 1.82) is 0 Å². The number of esters is 1. The van der Waals surface area contributed by atoms with Gasteiger partial charge in [-0.25, -0.2) is 4.98 Å². The van der Waals surface area contributed by atoms with E-state index in [1.165, 1.54) is 31.2 Å². The number of ether oxygens (including phenoxy) is 1. The molecule has 1 aromatic rings. The van der Waals surface area contributed by atoms with Gasteiger partial charge < -0.3 is 30.5 Å². The van der Waals surface area contributed by atoms with Gasteiger partial charge in [0.2, 0.25) is 0 Å². The van der Waals surface area contributed by atoms with Crippen molar-refractivity contribution in [2.24, 2.45) is 5.16 Å². The van der Waals surface area contributed by atoms with E-state index in [0.717, 1.165) is 16.2 Å². The van der Waals surface area contributed by atoms with Crippen LogP contribution in [-0.4, -0.2) is 70.2 Å². The molecule has 1 aromatic heterocycles. The van der Waals surface area contributed by atoms with E-state index in [9.17, 15) is 24.3 Å². The summed E-state index contributed by atoms with van der Waals surface area (Å²) in [6.07, 6.45) is 0. The number of fused-ring (bicyclic) bond motifs is 1. The number of thiazole rings is 1. The molecule has 1 unspecified atom stereocenters. The molecule has 0 spiro atoms. The number of aromatic nitrogens is 1. The molecule has 160 valence electrons. The van der Waals surface area contributed by atoms with E-state index in [0.29, 0.717) is 0 Å². The number of hydrogen-bond donors (Lipinski definition) is 2. The molecule has 2 atom stereocenters. The minimum absolute atomic E-state index is 0. The number of nitrogens with one attached hydrogen (secondary N) is 1. The fourth-order valence-corrected chi connectivity index (χ4v) is 4.75. The van der Waals surface area contributed by atoms with Crippen LogP contribution in [0.3, 0.4) is 0 Å². The van der Waals surface area contributed by atoms with Crippen LogP contribution < -0.4 is 45.7 Å². The van der Waals surface area contributed by atoms with Gasteiger partial charge in [-0.3, -0.25) is 19.3 Å². The number of carboxylic acid groups (broad SMARTS) is 1. The van der Waals surface area contributed by atoms with Crippen molar-refractivity contribution in [1.82, 2.24) is 15.2 Å². The van der Waals surface area contributed by atoms with Crippen molar-refractivity contribution < 1.29 is 63.4 Å². The number of oxime groups is 1. The first-order chi connectivity index (χ1) is 14.2. The van der Waals surface area contributed by atoms with Crippen LogP contribution in [0, 0.1) is 0 Å². The van der Waals surface area contributed by atoms with E-state index in [-0.39, 0.29) is 69.7 Å². The maximum atomic E-state index is 12.6. The third kappa shape index (κ3) is 5.20. The Hall–Kier alpha value is -2.13. The zero-order valence-electron chi connectivity index (χ0n) is 16.7. The number of rotatable bonds is 7. The molecule has 0 aliphatic carbocycles. The van der Waals surface area contributed by atoms with E-state index in [1.54, 1.807) is 0 Å². The number of carbonyl (C=O) groups is 4. The largest absolute Gasteiger partial charge is 1.00 e. The summed E-state index contributed by atoms with van der Waals surface area (Å²) in [6.45, 7) is 0.919. The van der Waals surface area contributed by atoms with Gasteiger partial charge in [-0.05, 0) is 0 Å². The van der Waals surface area contributed by atoms with Gasteiger partial charge in [0.15, 0.2) is 10.8 Å². The molecule has 1 saturated heterocycles. The van der Waals surface area contributed by atoms with E-state index in [2.05, 4.69) is 20.3 Å². The van der Waals surface area contributed by atoms with Gasteiger partial charge in [0.25, 0.3) is 11.8 Å². The van der Waals surface area contributed by atoms with Gasteiger partial charge in [0, 0.05) is 23.6 Å². The fourth-order valence-electron chi connectivity index (χ4n) is 2.87. The number of nitrogens with zero attached hydrogens (tertiary/aromatic N) is 3. The smallest absolute Gasteiger partial charge is 0.543 e. The van der Waals surface area contributed by atoms with Crippen molar-refractivity contribution in [3.05, 3.63) is 22.3 Å². The molecule has 3 heterocycles. The predicted molar refractivity (Wildman–Crippen MR) is 104 cm³/mol. The topological polar surface area (TPSA) is 176 Å². The van der Waals surface area contributed by atoms with Gasteiger partial charge in [-0.1, -0.05) is 5.16 Å². The molecule has 0 bridgehead atoms. The number of amides is 2. The Morgan fingerprint density at radius 1 is 1.45 bits per heavy atom. The van der Waals surface area contributed by atoms with Crippen LogP contribution in [0.2, 0.25) is 0 Å². The second-order valence-electron chi connectivity index (χ2n) is 6.07. The van der Waals surface area contributed by atoms with Crippen LogP contribution in [-0.2, 0) is 28.8 Å². The van der Waals surface area contributed by atoms with Gasteiger partial charge in [0.05, 0.1) is 11.7 Å². The Morgan fingerprint density at radius 2 is 2.16 bits per heavy atom. The summed E-state index contributed by atoms with van der Waals surface area (Å²) in [4.78, 5) is 57.5. The number of hydrogen-bond acceptors (Lipinski definition) is 12. The molecule has 31 heavy (non-hydrogen) atoms. The number of nitrogens with two attached hydrogens (primary N) is 1. The first-order valence-corrected chi connectivity index (χ1v) is 10.3. The summed E-state index contributed by atoms with van der Waals surface area (Å²) < 4.78 is 4.85. The molecule has 1 fully saturated rings. The van der Waals surface area contributed by atoms with E-state index < -0.39 is 35.2 Å². The molecule has 0 saturated carbocycles. The monoisotopic (exact) mass is 477 g/mol. The van der Waals surface area contributed by atoms with Crippen LogP contribution >= 0.6 is 23.1 Å². The van der Waals surface area contributed by atoms with Crippen LogP contribution in [0.1, 0.15) is 12.6 Å². The average molecular weight is 477 g/mol. The fraction of sp³-hybridized carbons (Fsp3) is 0.375. The van der Waals surface area contributed by atoms with Crippen molar-refractivity contribution >= 4 is 57.7 Å². The average Bonchev–Trinajstić information content (AvgIpc) is 3.13. The Morgan fingerprint density at radius 3 is 2.71 bits per heavy atom. The van der Waals surface area contributed by atoms with Crippen molar-refractivity contribution in [3.8, 4) is 0 Å². The molecule has 3 N–H and O–H groups in total. The molecular weight excluding hydrogens is 461 g/mol. The Bertz CT molecular complexity index is 979. The Balaban J connectivity index is 0.00000341. The zero-order valence-corrected chi connectivity index (χ0v) is 20.4. The maximum absolute atomic E-state index is 12.6. The first-order valence-electron chi connectivity index (χ1n) is 8.39. The van der Waals surface area contributed by atoms with Gasteiger partial charge >= 0.3 is 35.5 Å². The summed E-state index contributed by atoms with van der Waals surface area (Å²) in [5.41, 5.74) is 5.46. The van der Waals surface area contributed by atoms with Crippen molar-refractivity contribution in [2.75, 3.05) is 25.2 Å². The summed E-state index contributed by atoms with van der Waals surface area (Å²) in [5.74, 6) is -3.35. The third-order valence-electron chi connectivity index (χ3n) is 4.14. The number of β-lactam (4-membered cyclic amide) rings is 1. The second kappa shape index (κ2) is 10.5. The van der Waals surface area contributed by atoms with Crippen LogP contribution in [0.15, 0.2) is 21.8 Å². The minimum atomic E-state index is -1.57. The minimum Gasteiger partial charge on any atom is -0.543 e. The van der Waals surface area contributed by atoms with Crippen LogP contribution in [0.4, 0.5) is 5.13 Å². The van der Waals surface area contributed by atoms with Crippen LogP contribution in [0.5, 0.6) is 0 Å². The van der Waals surface area contributed by atoms with Crippen molar-refractivity contribution in [2.45, 2.75) is 18.3 Å². The number of carboxylic acids is 1. The quantitative estimate of drug-likeness (QED) is 0.127. The number of aliphatic carboxylic acids is 1. The van der Waals surface area contributed by atoms with E-state index >= 15 is 0 Å². The Kier molecular flexibility index (Phi) is 8.48. The summed E-state index contributed by atoms with van der Waals surface area (Å²) in [5, 5.41) is 18.8. The third-order valence-corrected chi connectivity index (χ3v) is 6.15. The van der Waals surface area contributed by atoms with Gasteiger partial charge in [-0.15, -0.1) is 23.1 Å². The Labute approximate surface area is 206 Å². The van der Waals surface area contributed by atoms with Crippen LogP contribution in [0.25, 0.3) is 0 Å². The second-order valence-corrected chi connectivity index (χ2v) is 8.07. The first kappa shape index (κ1) is 25.1. The summed E-state index contributed by atoms with van der Waals surface area (Å²) in [6, 6.07) is -0.995. The number of carbonyl (C=O) groups excluding carboxylic acids is 4. The van der Waals surface area contributed by atoms with Crippen molar-refractivity contribution in [3.63, 3.8) is 0 Å². The van der Waals surface area contributed by atoms with Gasteiger partial charge in [-0.2, -0.15) is 0 Å². The molecule has 0 aromatic carbocycles. The van der Waals surface area contributed by atoms with E-state index in [4.69, 9.17) is 10.5 Å². The molecule has 15 heteroatoms. The van der Waals surface area contributed by atoms with Gasteiger partial charge in [0.1, 0.15) is 30.8 Å². The maximum Gasteiger partial charge on any atom is 1.00 e. The number of nitrogen functional groups attached to an aromatic ring is 1. The summed E-state index contributed by atoms with van der Waals surface area (Å²) >= 11 is 2.32.